The maximum atomic E-state index is 13.3. The molecule has 2 aliphatic heterocycles. The van der Waals surface area contributed by atoms with Gasteiger partial charge in [-0.05, 0) is 29.5 Å². The zero-order chi connectivity index (χ0) is 24.8. The van der Waals surface area contributed by atoms with Crippen molar-refractivity contribution in [1.29, 1.82) is 0 Å². The second-order valence-electron chi connectivity index (χ2n) is 9.42. The molecule has 0 radical (unpaired) electrons. The molecule has 2 heterocycles. The van der Waals surface area contributed by atoms with Gasteiger partial charge in [0.1, 0.15) is 22.0 Å². The first-order valence-corrected chi connectivity index (χ1v) is 14.1. The van der Waals surface area contributed by atoms with Crippen molar-refractivity contribution in [3.8, 4) is 0 Å². The van der Waals surface area contributed by atoms with Gasteiger partial charge in [-0.15, -0.1) is 0 Å². The van der Waals surface area contributed by atoms with Gasteiger partial charge in [-0.3, -0.25) is 9.69 Å². The summed E-state index contributed by atoms with van der Waals surface area (Å²) in [6.45, 7) is 6.49. The summed E-state index contributed by atoms with van der Waals surface area (Å²) in [6, 6.07) is 17.4. The third kappa shape index (κ3) is 6.32. The summed E-state index contributed by atoms with van der Waals surface area (Å²) in [5, 5.41) is 11.1. The molecule has 7 heteroatoms. The maximum absolute atomic E-state index is 13.3. The molecular weight excluding hydrogens is 478 g/mol. The quantitative estimate of drug-likeness (QED) is 0.420. The number of rotatable bonds is 9. The average molecular weight is 512 g/mol. The van der Waals surface area contributed by atoms with Crippen molar-refractivity contribution in [2.24, 2.45) is 0 Å². The van der Waals surface area contributed by atoms with Crippen LogP contribution in [-0.2, 0) is 19.9 Å². The predicted molar refractivity (Wildman–Crippen MR) is 143 cm³/mol. The number of esters is 1. The van der Waals surface area contributed by atoms with Crippen LogP contribution < -0.4 is 0 Å². The summed E-state index contributed by atoms with van der Waals surface area (Å²) >= 11 is 3.18. The molecule has 2 aliphatic rings. The van der Waals surface area contributed by atoms with Gasteiger partial charge in [0.15, 0.2) is 0 Å². The molecule has 1 N–H and O–H groups in total. The number of nitrogens with zero attached hydrogens (tertiary/aromatic N) is 1. The first-order valence-electron chi connectivity index (χ1n) is 12.2. The highest BCUT2D eigenvalue weighted by Crippen LogP contribution is 2.46. The van der Waals surface area contributed by atoms with Crippen molar-refractivity contribution in [2.75, 3.05) is 31.1 Å². The number of carbonyl (C=O) groups excluding carboxylic acids is 2. The number of ether oxygens (including phenoxy) is 1. The van der Waals surface area contributed by atoms with Gasteiger partial charge in [-0.1, -0.05) is 74.1 Å². The molecule has 1 unspecified atom stereocenters. The molecule has 186 valence electrons. The highest BCUT2D eigenvalue weighted by Gasteiger charge is 2.44. The SMILES string of the molecule is CC(C)c1ccccc1SC1=C(O)CC(CCC(=O)CN2CCSCC2)(c2ccccc2)OC1=O. The fraction of sp³-hybridized carbons (Fsp3) is 0.429. The normalized spacial score (nSPS) is 21.3. The maximum Gasteiger partial charge on any atom is 0.349 e. The highest BCUT2D eigenvalue weighted by atomic mass is 32.2. The van der Waals surface area contributed by atoms with Crippen LogP contribution in [0.25, 0.3) is 0 Å². The van der Waals surface area contributed by atoms with Crippen LogP contribution in [0.15, 0.2) is 70.2 Å². The Kier molecular flexibility index (Phi) is 8.63. The summed E-state index contributed by atoms with van der Waals surface area (Å²) in [7, 11) is 0. The summed E-state index contributed by atoms with van der Waals surface area (Å²) in [6.07, 6.45) is 0.787. The largest absolute Gasteiger partial charge is 0.511 e. The molecule has 0 aromatic heterocycles. The first-order chi connectivity index (χ1) is 16.9. The van der Waals surface area contributed by atoms with Crippen LogP contribution >= 0.6 is 23.5 Å². The molecule has 2 aromatic rings. The Balaban J connectivity index is 1.55. The lowest BCUT2D eigenvalue weighted by molar-refractivity contribution is -0.161. The number of Topliss-reactive ketones (excluding diaryl/α,β-unsaturated/α-hetero) is 1. The molecule has 1 fully saturated rings. The molecule has 2 aromatic carbocycles. The molecule has 1 atom stereocenters. The Morgan fingerprint density at radius 3 is 2.49 bits per heavy atom. The van der Waals surface area contributed by atoms with Crippen molar-refractivity contribution >= 4 is 35.3 Å². The van der Waals surface area contributed by atoms with Crippen molar-refractivity contribution < 1.29 is 19.4 Å². The second-order valence-corrected chi connectivity index (χ2v) is 11.7. The van der Waals surface area contributed by atoms with Crippen LogP contribution in [-0.4, -0.2) is 52.9 Å². The number of hydrogen-bond donors (Lipinski definition) is 1. The van der Waals surface area contributed by atoms with Gasteiger partial charge in [0.2, 0.25) is 0 Å². The van der Waals surface area contributed by atoms with Gasteiger partial charge in [-0.2, -0.15) is 11.8 Å². The summed E-state index contributed by atoms with van der Waals surface area (Å²) < 4.78 is 6.11. The molecule has 0 spiro atoms. The fourth-order valence-corrected chi connectivity index (χ4v) is 6.69. The van der Waals surface area contributed by atoms with Crippen LogP contribution in [0.2, 0.25) is 0 Å². The molecule has 5 nitrogen and oxygen atoms in total. The van der Waals surface area contributed by atoms with Gasteiger partial charge in [0.05, 0.1) is 13.0 Å². The molecule has 0 aliphatic carbocycles. The van der Waals surface area contributed by atoms with Crippen LogP contribution in [0.1, 0.15) is 50.2 Å². The van der Waals surface area contributed by atoms with E-state index in [0.717, 1.165) is 40.6 Å². The van der Waals surface area contributed by atoms with E-state index in [1.165, 1.54) is 11.8 Å². The predicted octanol–water partition coefficient (Wildman–Crippen LogP) is 5.91. The van der Waals surface area contributed by atoms with Crippen molar-refractivity contribution in [3.63, 3.8) is 0 Å². The minimum absolute atomic E-state index is 0.0224. The lowest BCUT2D eigenvalue weighted by Crippen LogP contribution is -2.40. The van der Waals surface area contributed by atoms with E-state index in [9.17, 15) is 14.7 Å². The number of thioether (sulfide) groups is 2. The zero-order valence-corrected chi connectivity index (χ0v) is 22.0. The van der Waals surface area contributed by atoms with Gasteiger partial charge in [-0.25, -0.2) is 4.79 Å². The van der Waals surface area contributed by atoms with E-state index >= 15 is 0 Å². The topological polar surface area (TPSA) is 66.8 Å². The van der Waals surface area contributed by atoms with E-state index in [0.29, 0.717) is 13.0 Å². The number of carbonyl (C=O) groups is 2. The molecule has 35 heavy (non-hydrogen) atoms. The van der Waals surface area contributed by atoms with Gasteiger partial charge in [0, 0.05) is 35.9 Å². The Hall–Kier alpha value is -2.22. The van der Waals surface area contributed by atoms with Crippen LogP contribution in [0.5, 0.6) is 0 Å². The number of aliphatic hydroxyl groups is 1. The number of benzene rings is 2. The van der Waals surface area contributed by atoms with Crippen LogP contribution in [0, 0.1) is 0 Å². The zero-order valence-electron chi connectivity index (χ0n) is 20.4. The second kappa shape index (κ2) is 11.7. The van der Waals surface area contributed by atoms with E-state index in [1.807, 2.05) is 66.4 Å². The number of aliphatic hydroxyl groups excluding tert-OH is 1. The smallest absolute Gasteiger partial charge is 0.349 e. The van der Waals surface area contributed by atoms with E-state index in [4.69, 9.17) is 4.74 Å². The molecule has 0 saturated carbocycles. The van der Waals surface area contributed by atoms with Crippen molar-refractivity contribution in [1.82, 2.24) is 4.90 Å². The highest BCUT2D eigenvalue weighted by molar-refractivity contribution is 8.04. The molecular formula is C28H33NO4S2. The van der Waals surface area contributed by atoms with Gasteiger partial charge < -0.3 is 9.84 Å². The number of hydrogen-bond acceptors (Lipinski definition) is 7. The monoisotopic (exact) mass is 511 g/mol. The standard InChI is InChI=1S/C28H33NO4S2/c1-20(2)23-10-6-7-11-25(23)35-26-24(31)18-28(33-27(26)32,21-8-4-3-5-9-21)13-12-22(30)19-29-14-16-34-17-15-29/h3-11,20,31H,12-19H2,1-2H3. The molecule has 0 amide bonds. The van der Waals surface area contributed by atoms with Gasteiger partial charge >= 0.3 is 5.97 Å². The minimum atomic E-state index is -1.06. The fourth-order valence-electron chi connectivity index (χ4n) is 4.61. The van der Waals surface area contributed by atoms with Crippen LogP contribution in [0.3, 0.4) is 0 Å². The summed E-state index contributed by atoms with van der Waals surface area (Å²) in [5.41, 5.74) is 0.859. The number of ketones is 1. The third-order valence-electron chi connectivity index (χ3n) is 6.55. The van der Waals surface area contributed by atoms with E-state index in [1.54, 1.807) is 0 Å². The Bertz CT molecular complexity index is 1080. The van der Waals surface area contributed by atoms with E-state index in [-0.39, 0.29) is 35.2 Å². The van der Waals surface area contributed by atoms with E-state index in [2.05, 4.69) is 18.7 Å². The van der Waals surface area contributed by atoms with E-state index < -0.39 is 11.6 Å². The Labute approximate surface area is 216 Å². The summed E-state index contributed by atoms with van der Waals surface area (Å²) in [5.74, 6) is 2.01. The van der Waals surface area contributed by atoms with Crippen LogP contribution in [0.4, 0.5) is 0 Å². The van der Waals surface area contributed by atoms with Gasteiger partial charge in [0.25, 0.3) is 0 Å². The minimum Gasteiger partial charge on any atom is -0.511 e. The lowest BCUT2D eigenvalue weighted by Gasteiger charge is -2.37. The van der Waals surface area contributed by atoms with Crippen molar-refractivity contribution in [2.45, 2.75) is 49.5 Å². The summed E-state index contributed by atoms with van der Waals surface area (Å²) in [4.78, 5) is 29.5. The molecule has 1 saturated heterocycles. The third-order valence-corrected chi connectivity index (χ3v) is 8.69. The average Bonchev–Trinajstić information content (AvgIpc) is 2.86. The molecule has 0 bridgehead atoms. The Morgan fingerprint density at radius 1 is 1.11 bits per heavy atom. The lowest BCUT2D eigenvalue weighted by atomic mass is 9.83. The first kappa shape index (κ1) is 25.9. The van der Waals surface area contributed by atoms with Crippen molar-refractivity contribution in [3.05, 3.63) is 76.4 Å². The number of cyclic esters (lactones) is 1. The Morgan fingerprint density at radius 2 is 1.80 bits per heavy atom. The molecule has 4 rings (SSSR count).